The van der Waals surface area contributed by atoms with Gasteiger partial charge < -0.3 is 5.32 Å². The van der Waals surface area contributed by atoms with Crippen LogP contribution in [-0.2, 0) is 9.59 Å². The van der Waals surface area contributed by atoms with E-state index >= 15 is 0 Å². The van der Waals surface area contributed by atoms with Crippen LogP contribution in [0, 0.1) is 0 Å². The Bertz CT molecular complexity index is 649. The lowest BCUT2D eigenvalue weighted by Gasteiger charge is -2.22. The number of ketones is 2. The fourth-order valence-corrected chi connectivity index (χ4v) is 3.28. The number of carbonyl (C=O) groups excluding carboxylic acids is 2. The fourth-order valence-electron chi connectivity index (χ4n) is 2.87. The van der Waals surface area contributed by atoms with Gasteiger partial charge in [0, 0.05) is 17.4 Å². The highest BCUT2D eigenvalue weighted by Gasteiger charge is 2.28. The van der Waals surface area contributed by atoms with Crippen molar-refractivity contribution in [3.8, 4) is 0 Å². The topological polar surface area (TPSA) is 46.2 Å². The smallest absolute Gasteiger partial charge is 0.226 e. The largest absolute Gasteiger partial charge is 0.315 e. The summed E-state index contributed by atoms with van der Waals surface area (Å²) in [5.41, 5.74) is 3.19. The van der Waals surface area contributed by atoms with Crippen molar-refractivity contribution < 1.29 is 9.59 Å². The Hall–Kier alpha value is -1.17. The molecule has 3 nitrogen and oxygen atoms in total. The van der Waals surface area contributed by atoms with E-state index in [2.05, 4.69) is 35.8 Å². The molecule has 0 spiro atoms. The third kappa shape index (κ3) is 3.42. The molecule has 3 rings (SSSR count). The van der Waals surface area contributed by atoms with Crippen molar-refractivity contribution in [3.63, 3.8) is 0 Å². The second kappa shape index (κ2) is 7.40. The van der Waals surface area contributed by atoms with E-state index in [9.17, 15) is 9.59 Å². The summed E-state index contributed by atoms with van der Waals surface area (Å²) in [6, 6.07) is 8.43. The Balaban J connectivity index is 0.00000176. The summed E-state index contributed by atoms with van der Waals surface area (Å²) >= 11 is 1.71. The molecule has 116 valence electrons. The molecule has 1 heterocycles. The Kier molecular flexibility index (Phi) is 5.78. The van der Waals surface area contributed by atoms with Crippen LogP contribution in [0.4, 0.5) is 0 Å². The van der Waals surface area contributed by atoms with Crippen molar-refractivity contribution in [2.45, 2.75) is 17.2 Å². The zero-order chi connectivity index (χ0) is 14.8. The van der Waals surface area contributed by atoms with Crippen LogP contribution >= 0.6 is 28.7 Å². The van der Waals surface area contributed by atoms with Crippen molar-refractivity contribution in [3.05, 3.63) is 53.1 Å². The SMILES string of the molecule is Br.CSc1ccc(C2CNCCC3=CC(=O)C(=O)C=C32)cc1. The van der Waals surface area contributed by atoms with Crippen molar-refractivity contribution in [2.24, 2.45) is 0 Å². The van der Waals surface area contributed by atoms with E-state index in [-0.39, 0.29) is 22.9 Å². The Morgan fingerprint density at radius 2 is 1.77 bits per heavy atom. The van der Waals surface area contributed by atoms with Gasteiger partial charge >= 0.3 is 0 Å². The fraction of sp³-hybridized carbons (Fsp3) is 0.294. The summed E-state index contributed by atoms with van der Waals surface area (Å²) in [7, 11) is 0. The highest BCUT2D eigenvalue weighted by atomic mass is 79.9. The maximum absolute atomic E-state index is 11.7. The van der Waals surface area contributed by atoms with Crippen LogP contribution in [0.1, 0.15) is 17.9 Å². The standard InChI is InChI=1S/C17H17NO2S.BrH/c1-21-13-4-2-11(3-5-13)15-10-18-7-6-12-8-16(19)17(20)9-14(12)15;/h2-5,8-9,15,18H,6-7,10H2,1H3;1H. The molecule has 1 N–H and O–H groups in total. The van der Waals surface area contributed by atoms with E-state index in [1.165, 1.54) is 22.6 Å². The number of fused-ring (bicyclic) bond motifs is 1. The molecule has 0 amide bonds. The van der Waals surface area contributed by atoms with Gasteiger partial charge in [-0.2, -0.15) is 0 Å². The van der Waals surface area contributed by atoms with E-state index in [0.717, 1.165) is 30.7 Å². The van der Waals surface area contributed by atoms with Crippen LogP contribution in [0.2, 0.25) is 0 Å². The first-order chi connectivity index (χ1) is 10.2. The molecule has 1 aromatic rings. The van der Waals surface area contributed by atoms with Crippen LogP contribution in [0.15, 0.2) is 52.5 Å². The average Bonchev–Trinajstić information content (AvgIpc) is 2.70. The van der Waals surface area contributed by atoms with Gasteiger partial charge in [0.1, 0.15) is 0 Å². The van der Waals surface area contributed by atoms with E-state index < -0.39 is 11.6 Å². The number of benzene rings is 1. The molecule has 1 aromatic carbocycles. The predicted molar refractivity (Wildman–Crippen MR) is 95.0 cm³/mol. The first kappa shape index (κ1) is 17.2. The molecule has 0 aromatic heterocycles. The minimum absolute atomic E-state index is 0. The van der Waals surface area contributed by atoms with Gasteiger partial charge in [-0.05, 0) is 60.2 Å². The van der Waals surface area contributed by atoms with E-state index in [4.69, 9.17) is 0 Å². The molecule has 1 aliphatic carbocycles. The lowest BCUT2D eigenvalue weighted by Crippen LogP contribution is -2.21. The van der Waals surface area contributed by atoms with E-state index in [1.54, 1.807) is 11.8 Å². The van der Waals surface area contributed by atoms with Crippen LogP contribution in [0.5, 0.6) is 0 Å². The molecule has 5 heteroatoms. The third-order valence-corrected chi connectivity index (χ3v) is 4.76. The van der Waals surface area contributed by atoms with Crippen molar-refractivity contribution >= 4 is 40.3 Å². The molecule has 1 fully saturated rings. The van der Waals surface area contributed by atoms with Crippen molar-refractivity contribution in [1.82, 2.24) is 5.32 Å². The first-order valence-corrected chi connectivity index (χ1v) is 8.27. The summed E-state index contributed by atoms with van der Waals surface area (Å²) in [6.45, 7) is 1.63. The van der Waals surface area contributed by atoms with Gasteiger partial charge in [-0.3, -0.25) is 9.59 Å². The maximum atomic E-state index is 11.7. The van der Waals surface area contributed by atoms with Crippen LogP contribution < -0.4 is 5.32 Å². The summed E-state index contributed by atoms with van der Waals surface area (Å²) in [6.07, 6.45) is 5.91. The van der Waals surface area contributed by atoms with Crippen LogP contribution in [0.25, 0.3) is 0 Å². The summed E-state index contributed by atoms with van der Waals surface area (Å²) in [5.74, 6) is -0.666. The number of nitrogens with one attached hydrogen (secondary N) is 1. The zero-order valence-electron chi connectivity index (χ0n) is 12.3. The summed E-state index contributed by atoms with van der Waals surface area (Å²) in [4.78, 5) is 24.6. The molecule has 1 aliphatic heterocycles. The minimum atomic E-state index is -0.401. The van der Waals surface area contributed by atoms with E-state index in [1.807, 2.05) is 0 Å². The first-order valence-electron chi connectivity index (χ1n) is 7.04. The van der Waals surface area contributed by atoms with Crippen LogP contribution in [0.3, 0.4) is 0 Å². The Morgan fingerprint density at radius 3 is 2.45 bits per heavy atom. The number of carbonyl (C=O) groups is 2. The summed E-state index contributed by atoms with van der Waals surface area (Å²) in [5, 5.41) is 3.40. The summed E-state index contributed by atoms with van der Waals surface area (Å²) < 4.78 is 0. The van der Waals surface area contributed by atoms with E-state index in [0.29, 0.717) is 0 Å². The van der Waals surface area contributed by atoms with Crippen LogP contribution in [-0.4, -0.2) is 30.9 Å². The van der Waals surface area contributed by atoms with Gasteiger partial charge in [0.2, 0.25) is 11.6 Å². The molecule has 2 aliphatic rings. The Labute approximate surface area is 145 Å². The highest BCUT2D eigenvalue weighted by molar-refractivity contribution is 8.93. The minimum Gasteiger partial charge on any atom is -0.315 e. The molecule has 1 saturated heterocycles. The van der Waals surface area contributed by atoms with Gasteiger partial charge in [-0.25, -0.2) is 0 Å². The lowest BCUT2D eigenvalue weighted by atomic mass is 9.82. The van der Waals surface area contributed by atoms with Gasteiger partial charge in [0.25, 0.3) is 0 Å². The monoisotopic (exact) mass is 379 g/mol. The quantitative estimate of drug-likeness (QED) is 0.487. The van der Waals surface area contributed by atoms with Crippen molar-refractivity contribution in [1.29, 1.82) is 0 Å². The van der Waals surface area contributed by atoms with Gasteiger partial charge in [0.05, 0.1) is 0 Å². The maximum Gasteiger partial charge on any atom is 0.226 e. The molecule has 1 unspecified atom stereocenters. The van der Waals surface area contributed by atoms with Crippen molar-refractivity contribution in [2.75, 3.05) is 19.3 Å². The molecule has 1 atom stereocenters. The normalized spacial score (nSPS) is 21.2. The predicted octanol–water partition coefficient (Wildman–Crippen LogP) is 3.07. The lowest BCUT2D eigenvalue weighted by molar-refractivity contribution is -0.131. The number of hydrogen-bond acceptors (Lipinski definition) is 4. The Morgan fingerprint density at radius 1 is 1.09 bits per heavy atom. The highest BCUT2D eigenvalue weighted by Crippen LogP contribution is 2.34. The average molecular weight is 380 g/mol. The molecule has 0 radical (unpaired) electrons. The molecule has 0 saturated carbocycles. The van der Waals surface area contributed by atoms with Gasteiger partial charge in [-0.1, -0.05) is 12.1 Å². The zero-order valence-corrected chi connectivity index (χ0v) is 14.8. The second-order valence-corrected chi connectivity index (χ2v) is 6.16. The van der Waals surface area contributed by atoms with Gasteiger partial charge in [0.15, 0.2) is 0 Å². The second-order valence-electron chi connectivity index (χ2n) is 5.28. The number of hydrogen-bond donors (Lipinski definition) is 1. The molecular formula is C17H18BrNO2S. The number of allylic oxidation sites excluding steroid dienone is 2. The molecular weight excluding hydrogens is 362 g/mol. The van der Waals surface area contributed by atoms with Gasteiger partial charge in [-0.15, -0.1) is 28.7 Å². The molecule has 22 heavy (non-hydrogen) atoms. The third-order valence-electron chi connectivity index (χ3n) is 4.02. The molecule has 0 bridgehead atoms. The number of halogens is 1. The number of thioether (sulfide) groups is 1. The number of rotatable bonds is 2.